The van der Waals surface area contributed by atoms with Crippen LogP contribution in [0.5, 0.6) is 0 Å². The van der Waals surface area contributed by atoms with Crippen LogP contribution < -0.4 is 16.2 Å². The van der Waals surface area contributed by atoms with Gasteiger partial charge in [0.1, 0.15) is 0 Å². The third-order valence-corrected chi connectivity index (χ3v) is 13.6. The van der Waals surface area contributed by atoms with E-state index in [0.29, 0.717) is 57.9 Å². The minimum atomic E-state index is -0.149. The average Bonchev–Trinajstić information content (AvgIpc) is 3.86. The number of aliphatic hydroxyl groups excluding tert-OH is 2. The van der Waals surface area contributed by atoms with Gasteiger partial charge in [-0.2, -0.15) is 0 Å². The molecule has 8 rings (SSSR count). The molecule has 11 heteroatoms. The number of nitrogens with one attached hydrogen (secondary N) is 2. The van der Waals surface area contributed by atoms with Gasteiger partial charge in [0.05, 0.1) is 41.5 Å². The zero-order chi connectivity index (χ0) is 35.5. The normalized spacial score (nSPS) is 30.7. The fourth-order valence-electron chi connectivity index (χ4n) is 9.34. The van der Waals surface area contributed by atoms with Gasteiger partial charge < -0.3 is 30.5 Å². The van der Waals surface area contributed by atoms with E-state index in [4.69, 9.17) is 26.3 Å². The van der Waals surface area contributed by atoms with Crippen molar-refractivity contribution in [3.63, 3.8) is 0 Å². The van der Waals surface area contributed by atoms with E-state index in [-0.39, 0.29) is 54.2 Å². The lowest BCUT2D eigenvalue weighted by molar-refractivity contribution is -0.188. The number of rotatable bonds is 12. The van der Waals surface area contributed by atoms with Crippen LogP contribution in [-0.2, 0) is 11.3 Å². The Kier molecular flexibility index (Phi) is 9.52. The third-order valence-electron chi connectivity index (χ3n) is 13.2. The molecule has 7 atom stereocenters. The van der Waals surface area contributed by atoms with Gasteiger partial charge in [-0.25, -0.2) is 9.98 Å². The molecule has 5 fully saturated rings. The number of likely N-dealkylation sites (tertiary alicyclic amines) is 1. The van der Waals surface area contributed by atoms with Crippen molar-refractivity contribution in [2.45, 2.75) is 105 Å². The lowest BCUT2D eigenvalue weighted by atomic mass is 9.37. The van der Waals surface area contributed by atoms with E-state index >= 15 is 0 Å². The summed E-state index contributed by atoms with van der Waals surface area (Å²) in [5, 5.41) is 27.6. The largest absolute Gasteiger partial charge is 0.512 e. The molecule has 5 unspecified atom stereocenters. The van der Waals surface area contributed by atoms with Gasteiger partial charge in [0.25, 0.3) is 5.56 Å². The van der Waals surface area contributed by atoms with Crippen molar-refractivity contribution in [3.8, 4) is 0 Å². The molecule has 2 heterocycles. The van der Waals surface area contributed by atoms with E-state index < -0.39 is 0 Å². The van der Waals surface area contributed by atoms with E-state index in [1.807, 2.05) is 18.2 Å². The summed E-state index contributed by atoms with van der Waals surface area (Å²) >= 11 is 6.52. The van der Waals surface area contributed by atoms with Gasteiger partial charge in [0, 0.05) is 42.8 Å². The highest BCUT2D eigenvalue weighted by atomic mass is 35.5. The van der Waals surface area contributed by atoms with Gasteiger partial charge in [-0.1, -0.05) is 52.6 Å². The molecule has 4 N–H and O–H groups in total. The van der Waals surface area contributed by atoms with Gasteiger partial charge in [0.15, 0.2) is 5.96 Å². The average molecular weight is 707 g/mol. The SMILES string of the molecule is CCCC(C)OC1CN(C(=N[C@H]2CC3C[C@](C)(C2C)C3(C)C)Nc2ccc3c(=O)n(CCC4=C(Cl)C=C(O)C5CC45)c(NCCO)nc3c2)C1. The quantitative estimate of drug-likeness (QED) is 0.139. The second-order valence-corrected chi connectivity index (χ2v) is 16.8. The minimum Gasteiger partial charge on any atom is -0.512 e. The van der Waals surface area contributed by atoms with E-state index in [2.05, 4.69) is 57.1 Å². The number of ether oxygens (including phenoxy) is 1. The zero-order valence-electron chi connectivity index (χ0n) is 30.5. The summed E-state index contributed by atoms with van der Waals surface area (Å²) in [5.41, 5.74) is 2.92. The van der Waals surface area contributed by atoms with Crippen molar-refractivity contribution in [3.05, 3.63) is 51.0 Å². The third kappa shape index (κ3) is 6.23. The van der Waals surface area contributed by atoms with Crippen LogP contribution in [0.15, 0.2) is 50.4 Å². The van der Waals surface area contributed by atoms with Gasteiger partial charge in [-0.3, -0.25) is 9.36 Å². The predicted molar refractivity (Wildman–Crippen MR) is 201 cm³/mol. The molecule has 1 aliphatic heterocycles. The van der Waals surface area contributed by atoms with Crippen LogP contribution >= 0.6 is 11.6 Å². The Morgan fingerprint density at radius 1 is 1.22 bits per heavy atom. The number of aliphatic imine (C=N–C) groups is 1. The number of allylic oxidation sites excluding steroid dienone is 4. The van der Waals surface area contributed by atoms with Crippen molar-refractivity contribution < 1.29 is 14.9 Å². The molecule has 10 nitrogen and oxygen atoms in total. The molecule has 1 aromatic carbocycles. The Morgan fingerprint density at radius 3 is 2.72 bits per heavy atom. The highest BCUT2D eigenvalue weighted by molar-refractivity contribution is 6.31. The minimum absolute atomic E-state index is 0.0887. The molecule has 6 aliphatic rings. The van der Waals surface area contributed by atoms with Crippen molar-refractivity contribution in [2.24, 2.45) is 39.5 Å². The maximum Gasteiger partial charge on any atom is 0.262 e. The summed E-state index contributed by atoms with van der Waals surface area (Å²) in [7, 11) is 0. The molecular weight excluding hydrogens is 652 g/mol. The summed E-state index contributed by atoms with van der Waals surface area (Å²) in [4.78, 5) is 26.6. The van der Waals surface area contributed by atoms with E-state index in [1.54, 1.807) is 10.6 Å². The Morgan fingerprint density at radius 2 is 2.00 bits per heavy atom. The number of anilines is 2. The number of nitrogens with zero attached hydrogens (tertiary/aromatic N) is 4. The van der Waals surface area contributed by atoms with Gasteiger partial charge in [-0.05, 0) is 97.5 Å². The first-order chi connectivity index (χ1) is 23.8. The Labute approximate surface area is 301 Å². The predicted octanol–water partition coefficient (Wildman–Crippen LogP) is 6.89. The number of guanidine groups is 1. The van der Waals surface area contributed by atoms with Gasteiger partial charge in [0.2, 0.25) is 5.95 Å². The molecule has 1 saturated heterocycles. The number of hydrogen-bond acceptors (Lipinski definition) is 7. The summed E-state index contributed by atoms with van der Waals surface area (Å²) in [6.45, 7) is 16.2. The number of fused-ring (bicyclic) bond motifs is 4. The number of hydrogen-bond donors (Lipinski definition) is 4. The maximum atomic E-state index is 13.9. The van der Waals surface area contributed by atoms with Crippen molar-refractivity contribution in [2.75, 3.05) is 36.9 Å². The second kappa shape index (κ2) is 13.5. The van der Waals surface area contributed by atoms with Crippen LogP contribution in [0.1, 0.15) is 80.1 Å². The number of aromatic nitrogens is 2. The number of benzene rings is 1. The van der Waals surface area contributed by atoms with Crippen molar-refractivity contribution in [1.82, 2.24) is 14.5 Å². The number of aliphatic hydroxyl groups is 2. The van der Waals surface area contributed by atoms with Crippen molar-refractivity contribution >= 4 is 40.1 Å². The molecule has 0 radical (unpaired) electrons. The molecule has 4 saturated carbocycles. The van der Waals surface area contributed by atoms with E-state index in [1.165, 1.54) is 6.42 Å². The highest BCUT2D eigenvalue weighted by Gasteiger charge is 2.64. The topological polar surface area (TPSA) is 124 Å². The Bertz CT molecular complexity index is 1780. The van der Waals surface area contributed by atoms with Gasteiger partial charge >= 0.3 is 0 Å². The van der Waals surface area contributed by atoms with E-state index in [0.717, 1.165) is 56.0 Å². The smallest absolute Gasteiger partial charge is 0.262 e. The molecule has 50 heavy (non-hydrogen) atoms. The fourth-order valence-corrected chi connectivity index (χ4v) is 9.69. The molecule has 0 spiro atoms. The Balaban J connectivity index is 1.15. The van der Waals surface area contributed by atoms with E-state index in [9.17, 15) is 15.0 Å². The fraction of sp³-hybridized carbons (Fsp3) is 0.667. The second-order valence-electron chi connectivity index (χ2n) is 16.4. The molecular formula is C39H55ClN6O4. The first kappa shape index (κ1) is 35.3. The molecule has 0 amide bonds. The van der Waals surface area contributed by atoms with Crippen LogP contribution in [0.4, 0.5) is 11.6 Å². The summed E-state index contributed by atoms with van der Waals surface area (Å²) < 4.78 is 7.96. The highest BCUT2D eigenvalue weighted by Crippen LogP contribution is 2.70. The maximum absolute atomic E-state index is 13.9. The first-order valence-corrected chi connectivity index (χ1v) is 19.2. The summed E-state index contributed by atoms with van der Waals surface area (Å²) in [5.74, 6) is 3.14. The molecule has 2 bridgehead atoms. The zero-order valence-corrected chi connectivity index (χ0v) is 31.3. The summed E-state index contributed by atoms with van der Waals surface area (Å²) in [6.07, 6.45) is 8.06. The van der Waals surface area contributed by atoms with Crippen LogP contribution in [0, 0.1) is 34.5 Å². The first-order valence-electron chi connectivity index (χ1n) is 18.8. The monoisotopic (exact) mass is 706 g/mol. The summed E-state index contributed by atoms with van der Waals surface area (Å²) in [6, 6.07) is 5.94. The van der Waals surface area contributed by atoms with Gasteiger partial charge in [-0.15, -0.1) is 0 Å². The Hall–Kier alpha value is -3.08. The van der Waals surface area contributed by atoms with Crippen LogP contribution in [0.3, 0.4) is 0 Å². The van der Waals surface area contributed by atoms with Crippen LogP contribution in [-0.4, -0.2) is 75.1 Å². The van der Waals surface area contributed by atoms with Crippen LogP contribution in [0.25, 0.3) is 10.9 Å². The number of halogens is 1. The molecule has 1 aromatic heterocycles. The molecule has 2 aromatic rings. The lowest BCUT2D eigenvalue weighted by Gasteiger charge is -2.69. The molecule has 272 valence electrons. The van der Waals surface area contributed by atoms with Crippen molar-refractivity contribution in [1.29, 1.82) is 0 Å². The van der Waals surface area contributed by atoms with Crippen LogP contribution in [0.2, 0.25) is 0 Å². The standard InChI is InChI=1S/C39H55ClN6O4/c1-7-8-22(2)50-26-20-45(21-26)37(43-32-15-24-19-39(6,23(32)3)38(24,4)5)42-25-9-10-28-33(16-25)44-36(41-12-14-47)46(35(28)49)13-11-27-29-17-30(29)34(48)18-31(27)40/h9-10,16,18,22-24,26,29-30,32,47-48H,7-8,11-15,17,19-21H2,1-6H3,(H,41,44)(H,42,43)/t22?,23?,24?,29?,30?,32-,39+/m0/s1. The molecule has 5 aliphatic carbocycles. The lowest BCUT2D eigenvalue weighted by Crippen LogP contribution is -2.64.